The fourth-order valence-electron chi connectivity index (χ4n) is 4.54. The Morgan fingerprint density at radius 3 is 2.42 bits per heavy atom. The van der Waals surface area contributed by atoms with E-state index in [1.54, 1.807) is 31.2 Å². The van der Waals surface area contributed by atoms with Crippen LogP contribution >= 0.6 is 0 Å². The van der Waals surface area contributed by atoms with Gasteiger partial charge in [0.25, 0.3) is 0 Å². The van der Waals surface area contributed by atoms with E-state index in [9.17, 15) is 18.0 Å². The Hall–Kier alpha value is -3.07. The van der Waals surface area contributed by atoms with Gasteiger partial charge in [-0.05, 0) is 44.4 Å². The minimum atomic E-state index is -3.79. The van der Waals surface area contributed by atoms with Crippen molar-refractivity contribution < 1.29 is 22.7 Å². The van der Waals surface area contributed by atoms with Gasteiger partial charge in [0.15, 0.2) is 0 Å². The Labute approximate surface area is 214 Å². The number of carbonyl (C=O) groups excluding carboxylic acids is 2. The van der Waals surface area contributed by atoms with Gasteiger partial charge in [0.2, 0.25) is 21.8 Å². The Bertz CT molecular complexity index is 1160. The summed E-state index contributed by atoms with van der Waals surface area (Å²) in [5.41, 5.74) is 2.22. The molecule has 1 saturated carbocycles. The second-order valence-electron chi connectivity index (χ2n) is 9.50. The molecular weight excluding hydrogens is 478 g/mol. The van der Waals surface area contributed by atoms with Crippen LogP contribution in [0.2, 0.25) is 0 Å². The Morgan fingerprint density at radius 2 is 1.78 bits per heavy atom. The number of benzene rings is 2. The van der Waals surface area contributed by atoms with Gasteiger partial charge in [0.05, 0.1) is 19.1 Å². The van der Waals surface area contributed by atoms with Gasteiger partial charge < -0.3 is 15.0 Å². The molecule has 3 rings (SSSR count). The van der Waals surface area contributed by atoms with E-state index in [0.29, 0.717) is 11.4 Å². The molecule has 0 radical (unpaired) electrons. The minimum Gasteiger partial charge on any atom is -0.497 e. The van der Waals surface area contributed by atoms with E-state index in [1.165, 1.54) is 18.4 Å². The molecule has 1 aliphatic rings. The molecule has 8 nitrogen and oxygen atoms in total. The molecule has 196 valence electrons. The Morgan fingerprint density at radius 1 is 1.08 bits per heavy atom. The second kappa shape index (κ2) is 12.3. The lowest BCUT2D eigenvalue weighted by Crippen LogP contribution is -2.52. The number of carbonyl (C=O) groups is 2. The fourth-order valence-corrected chi connectivity index (χ4v) is 5.38. The molecule has 0 aromatic heterocycles. The molecule has 1 fully saturated rings. The fraction of sp³-hybridized carbons (Fsp3) is 0.481. The molecule has 1 N–H and O–H groups in total. The van der Waals surface area contributed by atoms with Gasteiger partial charge in [-0.1, -0.05) is 55.2 Å². The van der Waals surface area contributed by atoms with Crippen LogP contribution < -0.4 is 14.4 Å². The molecule has 2 amide bonds. The molecule has 1 aliphatic carbocycles. The molecule has 1 atom stereocenters. The molecule has 0 heterocycles. The highest BCUT2D eigenvalue weighted by Gasteiger charge is 2.31. The van der Waals surface area contributed by atoms with Crippen LogP contribution in [0, 0.1) is 6.92 Å². The van der Waals surface area contributed by atoms with Gasteiger partial charge in [0, 0.05) is 18.7 Å². The van der Waals surface area contributed by atoms with Crippen molar-refractivity contribution in [2.75, 3.05) is 24.2 Å². The predicted molar refractivity (Wildman–Crippen MR) is 141 cm³/mol. The molecular formula is C27H37N3O5S. The van der Waals surface area contributed by atoms with Crippen molar-refractivity contribution in [1.82, 2.24) is 10.2 Å². The molecule has 9 heteroatoms. The maximum absolute atomic E-state index is 13.7. The lowest BCUT2D eigenvalue weighted by molar-refractivity contribution is -0.139. The molecule has 0 bridgehead atoms. The summed E-state index contributed by atoms with van der Waals surface area (Å²) in [6.45, 7) is 3.42. The van der Waals surface area contributed by atoms with Crippen LogP contribution in [0.5, 0.6) is 5.75 Å². The monoisotopic (exact) mass is 515 g/mol. The molecule has 1 unspecified atom stereocenters. The van der Waals surface area contributed by atoms with Gasteiger partial charge in [-0.25, -0.2) is 8.42 Å². The smallest absolute Gasteiger partial charge is 0.244 e. The number of ether oxygens (including phenoxy) is 1. The van der Waals surface area contributed by atoms with E-state index in [1.807, 2.05) is 31.2 Å². The number of hydrogen-bond donors (Lipinski definition) is 1. The summed E-state index contributed by atoms with van der Waals surface area (Å²) in [7, 11) is -2.30. The highest BCUT2D eigenvalue weighted by atomic mass is 32.2. The first-order chi connectivity index (χ1) is 17.1. The number of hydrogen-bond acceptors (Lipinski definition) is 5. The highest BCUT2D eigenvalue weighted by Crippen LogP contribution is 2.24. The maximum Gasteiger partial charge on any atom is 0.244 e. The van der Waals surface area contributed by atoms with E-state index < -0.39 is 28.5 Å². The van der Waals surface area contributed by atoms with E-state index in [4.69, 9.17) is 4.74 Å². The van der Waals surface area contributed by atoms with Gasteiger partial charge >= 0.3 is 0 Å². The third-order valence-corrected chi connectivity index (χ3v) is 7.72. The van der Waals surface area contributed by atoms with E-state index in [0.717, 1.165) is 47.4 Å². The average molecular weight is 516 g/mol. The van der Waals surface area contributed by atoms with E-state index in [-0.39, 0.29) is 18.5 Å². The molecule has 0 aliphatic heterocycles. The first kappa shape index (κ1) is 27.5. The minimum absolute atomic E-state index is 0.105. The van der Waals surface area contributed by atoms with E-state index >= 15 is 0 Å². The zero-order valence-corrected chi connectivity index (χ0v) is 22.4. The van der Waals surface area contributed by atoms with Crippen LogP contribution in [0.1, 0.15) is 50.2 Å². The van der Waals surface area contributed by atoms with Crippen molar-refractivity contribution in [3.8, 4) is 5.75 Å². The van der Waals surface area contributed by atoms with Crippen LogP contribution in [0.25, 0.3) is 0 Å². The van der Waals surface area contributed by atoms with Crippen LogP contribution in [0.3, 0.4) is 0 Å². The third-order valence-electron chi connectivity index (χ3n) is 6.57. The van der Waals surface area contributed by atoms with Gasteiger partial charge in [-0.15, -0.1) is 0 Å². The highest BCUT2D eigenvalue weighted by molar-refractivity contribution is 7.92. The standard InChI is InChI=1S/C27H37N3O5S/c1-20-10-8-11-22(16-20)18-29(21(2)27(32)28-23-12-6-5-7-13-23)26(31)19-30(36(4,33)34)24-14-9-15-25(17-24)35-3/h8-11,14-17,21,23H,5-7,12-13,18-19H2,1-4H3,(H,28,32). The van der Waals surface area contributed by atoms with Gasteiger partial charge in [-0.3, -0.25) is 13.9 Å². The Kier molecular flexibility index (Phi) is 9.37. The number of nitrogens with zero attached hydrogens (tertiary/aromatic N) is 2. The van der Waals surface area contributed by atoms with Crippen LogP contribution in [0.15, 0.2) is 48.5 Å². The SMILES string of the molecule is COc1cccc(N(CC(=O)N(Cc2cccc(C)c2)C(C)C(=O)NC2CCCCC2)S(C)(=O)=O)c1. The number of nitrogens with one attached hydrogen (secondary N) is 1. The summed E-state index contributed by atoms with van der Waals surface area (Å²) in [4.78, 5) is 28.3. The van der Waals surface area contributed by atoms with Crippen LogP contribution in [-0.4, -0.2) is 57.1 Å². The summed E-state index contributed by atoms with van der Waals surface area (Å²) in [6, 6.07) is 13.6. The summed E-state index contributed by atoms with van der Waals surface area (Å²) in [5.74, 6) is -0.211. The van der Waals surface area contributed by atoms with E-state index in [2.05, 4.69) is 5.32 Å². The number of sulfonamides is 1. The summed E-state index contributed by atoms with van der Waals surface area (Å²) >= 11 is 0. The molecule has 0 saturated heterocycles. The lowest BCUT2D eigenvalue weighted by Gasteiger charge is -2.33. The number of amides is 2. The lowest BCUT2D eigenvalue weighted by atomic mass is 9.95. The zero-order chi connectivity index (χ0) is 26.3. The number of methoxy groups -OCH3 is 1. The van der Waals surface area contributed by atoms with Gasteiger partial charge in [0.1, 0.15) is 18.3 Å². The second-order valence-corrected chi connectivity index (χ2v) is 11.4. The summed E-state index contributed by atoms with van der Waals surface area (Å²) < 4.78 is 31.7. The zero-order valence-electron chi connectivity index (χ0n) is 21.6. The summed E-state index contributed by atoms with van der Waals surface area (Å²) in [6.07, 6.45) is 6.25. The molecule has 0 spiro atoms. The number of aryl methyl sites for hydroxylation is 1. The van der Waals surface area contributed by atoms with Crippen LogP contribution in [-0.2, 0) is 26.2 Å². The van der Waals surface area contributed by atoms with Gasteiger partial charge in [-0.2, -0.15) is 0 Å². The van der Waals surface area contributed by atoms with Crippen molar-refractivity contribution in [3.63, 3.8) is 0 Å². The molecule has 2 aromatic carbocycles. The summed E-state index contributed by atoms with van der Waals surface area (Å²) in [5, 5.41) is 3.10. The molecule has 36 heavy (non-hydrogen) atoms. The largest absolute Gasteiger partial charge is 0.497 e. The Balaban J connectivity index is 1.88. The van der Waals surface area contributed by atoms with Crippen molar-refractivity contribution >= 4 is 27.5 Å². The van der Waals surface area contributed by atoms with Crippen molar-refractivity contribution in [2.24, 2.45) is 0 Å². The topological polar surface area (TPSA) is 96.0 Å². The van der Waals surface area contributed by atoms with Crippen molar-refractivity contribution in [1.29, 1.82) is 0 Å². The number of rotatable bonds is 10. The maximum atomic E-state index is 13.7. The van der Waals surface area contributed by atoms with Crippen LogP contribution in [0.4, 0.5) is 5.69 Å². The van der Waals surface area contributed by atoms with Crippen molar-refractivity contribution in [2.45, 2.75) is 64.6 Å². The first-order valence-corrected chi connectivity index (χ1v) is 14.2. The quantitative estimate of drug-likeness (QED) is 0.521. The van der Waals surface area contributed by atoms with Crippen molar-refractivity contribution in [3.05, 3.63) is 59.7 Å². The first-order valence-electron chi connectivity index (χ1n) is 12.4. The normalized spacial score (nSPS) is 15.1. The third kappa shape index (κ3) is 7.46. The number of anilines is 1. The molecule has 2 aromatic rings. The predicted octanol–water partition coefficient (Wildman–Crippen LogP) is 3.64. The average Bonchev–Trinajstić information content (AvgIpc) is 2.85.